The van der Waals surface area contributed by atoms with Crippen LogP contribution in [0.15, 0.2) is 23.7 Å². The van der Waals surface area contributed by atoms with Crippen molar-refractivity contribution in [2.75, 3.05) is 19.8 Å². The van der Waals surface area contributed by atoms with Gasteiger partial charge >= 0.3 is 0 Å². The van der Waals surface area contributed by atoms with Gasteiger partial charge in [0.25, 0.3) is 0 Å². The van der Waals surface area contributed by atoms with Crippen LogP contribution in [0.25, 0.3) is 0 Å². The highest BCUT2D eigenvalue weighted by Gasteiger charge is 2.54. The molecular formula is C26H39N3O16S. The largest absolute Gasteiger partial charge is 0.394 e. The molecule has 2 aromatic rings. The summed E-state index contributed by atoms with van der Waals surface area (Å²) < 4.78 is 34.6. The third-order valence-corrected chi connectivity index (χ3v) is 8.84. The van der Waals surface area contributed by atoms with Crippen LogP contribution >= 0.6 is 11.3 Å². The first kappa shape index (κ1) is 35.5. The van der Waals surface area contributed by atoms with Gasteiger partial charge in [-0.1, -0.05) is 11.3 Å². The summed E-state index contributed by atoms with van der Waals surface area (Å²) in [6, 6.07) is 3.80. The topological polar surface area (TPSA) is 288 Å². The molecule has 5 heterocycles. The van der Waals surface area contributed by atoms with E-state index >= 15 is 0 Å². The Balaban J connectivity index is 1.29. The van der Waals surface area contributed by atoms with Crippen LogP contribution in [-0.4, -0.2) is 172 Å². The molecule has 0 unspecified atom stereocenters. The second kappa shape index (κ2) is 15.6. The lowest BCUT2D eigenvalue weighted by Gasteiger charge is -2.48. The Labute approximate surface area is 265 Å². The molecule has 0 spiro atoms. The first-order valence-corrected chi connectivity index (χ1v) is 15.3. The van der Waals surface area contributed by atoms with Crippen molar-refractivity contribution in [1.29, 1.82) is 0 Å². The molecule has 260 valence electrons. The van der Waals surface area contributed by atoms with E-state index in [-0.39, 0.29) is 6.61 Å². The zero-order valence-electron chi connectivity index (χ0n) is 24.2. The Morgan fingerprint density at radius 1 is 0.696 bits per heavy atom. The average molecular weight is 682 g/mol. The zero-order valence-corrected chi connectivity index (χ0v) is 25.0. The Morgan fingerprint density at radius 3 is 1.89 bits per heavy atom. The van der Waals surface area contributed by atoms with E-state index < -0.39 is 112 Å². The molecule has 3 aliphatic heterocycles. The number of ether oxygens (including phenoxy) is 6. The third kappa shape index (κ3) is 7.43. The minimum atomic E-state index is -1.93. The van der Waals surface area contributed by atoms with Crippen LogP contribution in [0.5, 0.6) is 0 Å². The number of aliphatic hydroxyl groups is 10. The van der Waals surface area contributed by atoms with Crippen molar-refractivity contribution in [3.63, 3.8) is 0 Å². The molecule has 20 heteroatoms. The first-order valence-electron chi connectivity index (χ1n) is 14.4. The Kier molecular flexibility index (Phi) is 12.0. The minimum absolute atomic E-state index is 0.0789. The summed E-state index contributed by atoms with van der Waals surface area (Å²) in [7, 11) is 0. The quantitative estimate of drug-likeness (QED) is 0.100. The predicted molar refractivity (Wildman–Crippen MR) is 147 cm³/mol. The van der Waals surface area contributed by atoms with Crippen LogP contribution < -0.4 is 0 Å². The van der Waals surface area contributed by atoms with Gasteiger partial charge in [-0.15, -0.1) is 16.4 Å². The number of rotatable bonds is 12. The van der Waals surface area contributed by atoms with Crippen molar-refractivity contribution >= 4 is 11.3 Å². The molecule has 3 fully saturated rings. The number of nitrogens with zero attached hydrogens (tertiary/aromatic N) is 3. The van der Waals surface area contributed by atoms with E-state index in [0.717, 1.165) is 9.56 Å². The summed E-state index contributed by atoms with van der Waals surface area (Å²) in [6.45, 7) is -1.88. The molecule has 3 aliphatic rings. The molecule has 10 N–H and O–H groups in total. The Hall–Kier alpha value is -1.80. The second-order valence-electron chi connectivity index (χ2n) is 11.1. The standard InChI is InChI=1S/C26H39N3O16S/c30-5-12-15(33)18(36)19(37)25(42-12)45-23-17(35)14(7-32)43-26(21(23)39)44-22-16(34)13(6-31)41-24(20(22)38)29-4-10(27-28-29)8-40-9-11-2-1-3-46-11/h1-4,12-26,30-39H,5-9H2/t12-,13-,14-,15-,16-,17-,18+,19-,20-,21-,22+,23+,24-,25+,26+/m1/s1. The van der Waals surface area contributed by atoms with Gasteiger partial charge in [0.15, 0.2) is 18.8 Å². The monoisotopic (exact) mass is 681 g/mol. The molecule has 2 aromatic heterocycles. The fourth-order valence-corrected chi connectivity index (χ4v) is 6.06. The highest BCUT2D eigenvalue weighted by Crippen LogP contribution is 2.34. The van der Waals surface area contributed by atoms with Crippen LogP contribution in [0.4, 0.5) is 0 Å². The van der Waals surface area contributed by atoms with E-state index in [1.165, 1.54) is 17.5 Å². The highest BCUT2D eigenvalue weighted by molar-refractivity contribution is 7.09. The maximum Gasteiger partial charge on any atom is 0.187 e. The second-order valence-corrected chi connectivity index (χ2v) is 12.1. The lowest BCUT2D eigenvalue weighted by molar-refractivity contribution is -0.376. The van der Waals surface area contributed by atoms with Gasteiger partial charge in [0, 0.05) is 4.88 Å². The molecule has 0 bridgehead atoms. The van der Waals surface area contributed by atoms with Gasteiger partial charge in [0.2, 0.25) is 0 Å². The molecule has 0 amide bonds. The van der Waals surface area contributed by atoms with Gasteiger partial charge in [-0.05, 0) is 11.4 Å². The van der Waals surface area contributed by atoms with Crippen LogP contribution in [0.1, 0.15) is 16.8 Å². The van der Waals surface area contributed by atoms with E-state index in [4.69, 9.17) is 28.4 Å². The molecule has 3 saturated heterocycles. The third-order valence-electron chi connectivity index (χ3n) is 7.99. The number of thiophene rings is 1. The summed E-state index contributed by atoms with van der Waals surface area (Å²) >= 11 is 1.53. The van der Waals surface area contributed by atoms with Crippen LogP contribution in [0, 0.1) is 0 Å². The molecule has 5 rings (SSSR count). The van der Waals surface area contributed by atoms with Gasteiger partial charge in [-0.2, -0.15) is 0 Å². The van der Waals surface area contributed by atoms with Gasteiger partial charge in [-0.25, -0.2) is 4.68 Å². The summed E-state index contributed by atoms with van der Waals surface area (Å²) in [5.74, 6) is 0. The van der Waals surface area contributed by atoms with Crippen LogP contribution in [0.3, 0.4) is 0 Å². The van der Waals surface area contributed by atoms with E-state index in [1.807, 2.05) is 17.5 Å². The molecule has 15 atom stereocenters. The number of hydrogen-bond donors (Lipinski definition) is 10. The summed E-state index contributed by atoms with van der Waals surface area (Å²) in [5.41, 5.74) is 0.385. The summed E-state index contributed by atoms with van der Waals surface area (Å²) in [4.78, 5) is 1.00. The normalized spacial score (nSPS) is 41.9. The lowest BCUT2D eigenvalue weighted by atomic mass is 9.95. The molecule has 0 aromatic carbocycles. The highest BCUT2D eigenvalue weighted by atomic mass is 32.1. The lowest BCUT2D eigenvalue weighted by Crippen LogP contribution is -2.66. The van der Waals surface area contributed by atoms with E-state index in [1.54, 1.807) is 0 Å². The van der Waals surface area contributed by atoms with Crippen molar-refractivity contribution in [3.05, 3.63) is 34.3 Å². The van der Waals surface area contributed by atoms with Crippen LogP contribution in [0.2, 0.25) is 0 Å². The zero-order chi connectivity index (χ0) is 33.1. The average Bonchev–Trinajstić information content (AvgIpc) is 3.75. The fourth-order valence-electron chi connectivity index (χ4n) is 5.42. The molecular weight excluding hydrogens is 642 g/mol. The molecule has 19 nitrogen and oxygen atoms in total. The Morgan fingerprint density at radius 2 is 1.28 bits per heavy atom. The first-order chi connectivity index (χ1) is 22.1. The number of aromatic nitrogens is 3. The maximum atomic E-state index is 11.2. The molecule has 0 saturated carbocycles. The molecule has 0 radical (unpaired) electrons. The van der Waals surface area contributed by atoms with Gasteiger partial charge < -0.3 is 79.5 Å². The van der Waals surface area contributed by atoms with Gasteiger partial charge in [-0.3, -0.25) is 0 Å². The SMILES string of the molecule is OC[C@H]1O[C@@H](O[C@@H]2[C@@H](O)[C@H](O[C@@H]3[C@@H](O)[C@H](n4cc(COCc5cccs5)nn4)O[C@H](CO)[C@H]3O)O[C@H](CO)[C@H]2O)[C@H](O)[C@@H](O)[C@@H]1O. The van der Waals surface area contributed by atoms with E-state index in [0.29, 0.717) is 12.3 Å². The number of aliphatic hydroxyl groups excluding tert-OH is 10. The van der Waals surface area contributed by atoms with Crippen molar-refractivity contribution in [1.82, 2.24) is 15.0 Å². The van der Waals surface area contributed by atoms with Gasteiger partial charge in [0.1, 0.15) is 78.9 Å². The molecule has 0 aliphatic carbocycles. The van der Waals surface area contributed by atoms with Crippen molar-refractivity contribution in [3.8, 4) is 0 Å². The van der Waals surface area contributed by atoms with Crippen molar-refractivity contribution in [2.24, 2.45) is 0 Å². The van der Waals surface area contributed by atoms with Gasteiger partial charge in [0.05, 0.1) is 39.2 Å². The molecule has 46 heavy (non-hydrogen) atoms. The van der Waals surface area contributed by atoms with Crippen molar-refractivity contribution in [2.45, 2.75) is 105 Å². The fraction of sp³-hybridized carbons (Fsp3) is 0.769. The van der Waals surface area contributed by atoms with E-state index in [2.05, 4.69) is 10.3 Å². The summed E-state index contributed by atoms with van der Waals surface area (Å²) in [5, 5.41) is 114. The maximum absolute atomic E-state index is 11.2. The predicted octanol–water partition coefficient (Wildman–Crippen LogP) is -5.32. The Bertz CT molecular complexity index is 1210. The smallest absolute Gasteiger partial charge is 0.187 e. The van der Waals surface area contributed by atoms with Crippen LogP contribution in [-0.2, 0) is 41.6 Å². The minimum Gasteiger partial charge on any atom is -0.394 e. The number of hydrogen-bond acceptors (Lipinski definition) is 19. The van der Waals surface area contributed by atoms with Crippen molar-refractivity contribution < 1.29 is 79.5 Å². The summed E-state index contributed by atoms with van der Waals surface area (Å²) in [6.07, 6.45) is -23.5. The van der Waals surface area contributed by atoms with E-state index in [9.17, 15) is 51.1 Å².